The number of aromatic nitrogens is 2. The first-order valence-electron chi connectivity index (χ1n) is 5.31. The van der Waals surface area contributed by atoms with Gasteiger partial charge < -0.3 is 5.73 Å². The van der Waals surface area contributed by atoms with Crippen LogP contribution in [0, 0.1) is 17.0 Å². The zero-order chi connectivity index (χ0) is 14.2. The second-order valence-electron chi connectivity index (χ2n) is 3.98. The number of rotatable bonds is 3. The lowest BCUT2D eigenvalue weighted by Gasteiger charge is -2.05. The number of halogens is 2. The number of nitrogen functional groups attached to an aromatic ring is 1. The Morgan fingerprint density at radius 2 is 2.26 bits per heavy atom. The van der Waals surface area contributed by atoms with Crippen molar-refractivity contribution in [2.75, 3.05) is 5.73 Å². The van der Waals surface area contributed by atoms with Gasteiger partial charge in [-0.2, -0.15) is 5.10 Å². The van der Waals surface area contributed by atoms with Gasteiger partial charge in [-0.3, -0.25) is 10.1 Å². The van der Waals surface area contributed by atoms with Crippen LogP contribution in [0.25, 0.3) is 0 Å². The van der Waals surface area contributed by atoms with E-state index in [0.29, 0.717) is 17.3 Å². The van der Waals surface area contributed by atoms with E-state index in [1.165, 1.54) is 4.68 Å². The monoisotopic (exact) mass is 344 g/mol. The van der Waals surface area contributed by atoms with E-state index < -0.39 is 4.92 Å². The summed E-state index contributed by atoms with van der Waals surface area (Å²) in [5.74, 6) is 0.0496. The van der Waals surface area contributed by atoms with Crippen LogP contribution < -0.4 is 5.73 Å². The number of nitro groups is 1. The Bertz CT molecular complexity index is 656. The predicted octanol–water partition coefficient (Wildman–Crippen LogP) is 3.15. The lowest BCUT2D eigenvalue weighted by atomic mass is 10.2. The summed E-state index contributed by atoms with van der Waals surface area (Å²) in [7, 11) is 0. The van der Waals surface area contributed by atoms with Crippen molar-refractivity contribution >= 4 is 39.0 Å². The SMILES string of the molecule is Cc1nn(Cc2ccc(Cl)c(Br)c2)c(N)c1[N+](=O)[O-]. The summed E-state index contributed by atoms with van der Waals surface area (Å²) in [5.41, 5.74) is 6.79. The number of benzene rings is 1. The molecule has 19 heavy (non-hydrogen) atoms. The number of nitrogens with zero attached hydrogens (tertiary/aromatic N) is 3. The van der Waals surface area contributed by atoms with Crippen LogP contribution in [0.3, 0.4) is 0 Å². The van der Waals surface area contributed by atoms with Gasteiger partial charge >= 0.3 is 5.69 Å². The van der Waals surface area contributed by atoms with Gasteiger partial charge in [0.15, 0.2) is 0 Å². The maximum Gasteiger partial charge on any atom is 0.333 e. The third-order valence-corrected chi connectivity index (χ3v) is 3.85. The minimum absolute atomic E-state index is 0.0496. The van der Waals surface area contributed by atoms with Crippen molar-refractivity contribution < 1.29 is 4.92 Å². The van der Waals surface area contributed by atoms with Gasteiger partial charge in [-0.05, 0) is 40.5 Å². The standard InChI is InChI=1S/C11H10BrClN4O2/c1-6-10(17(18)19)11(14)16(15-6)5-7-2-3-9(13)8(12)4-7/h2-4H,5,14H2,1H3. The Morgan fingerprint density at radius 3 is 2.79 bits per heavy atom. The first kappa shape index (κ1) is 13.8. The number of hydrogen-bond donors (Lipinski definition) is 1. The van der Waals surface area contributed by atoms with Crippen molar-refractivity contribution in [3.8, 4) is 0 Å². The van der Waals surface area contributed by atoms with Gasteiger partial charge in [0.05, 0.1) is 16.5 Å². The molecule has 0 aliphatic rings. The molecule has 1 aromatic heterocycles. The maximum atomic E-state index is 10.9. The van der Waals surface area contributed by atoms with Gasteiger partial charge in [-0.15, -0.1) is 0 Å². The van der Waals surface area contributed by atoms with Crippen molar-refractivity contribution in [3.05, 3.63) is 49.1 Å². The Hall–Kier alpha value is -1.60. The molecule has 2 aromatic rings. The van der Waals surface area contributed by atoms with Crippen LogP contribution in [0.4, 0.5) is 11.5 Å². The molecule has 0 bridgehead atoms. The van der Waals surface area contributed by atoms with E-state index in [2.05, 4.69) is 21.0 Å². The molecule has 1 heterocycles. The zero-order valence-corrected chi connectivity index (χ0v) is 12.3. The van der Waals surface area contributed by atoms with Crippen LogP contribution in [-0.4, -0.2) is 14.7 Å². The summed E-state index contributed by atoms with van der Waals surface area (Å²) in [6, 6.07) is 5.38. The van der Waals surface area contributed by atoms with E-state index in [4.69, 9.17) is 17.3 Å². The largest absolute Gasteiger partial charge is 0.378 e. The van der Waals surface area contributed by atoms with Crippen LogP contribution >= 0.6 is 27.5 Å². The molecule has 0 amide bonds. The molecule has 1 aromatic carbocycles. The summed E-state index contributed by atoms with van der Waals surface area (Å²) >= 11 is 9.22. The van der Waals surface area contributed by atoms with Crippen molar-refractivity contribution in [1.82, 2.24) is 9.78 Å². The lowest BCUT2D eigenvalue weighted by molar-refractivity contribution is -0.384. The number of anilines is 1. The molecule has 0 aliphatic heterocycles. The van der Waals surface area contributed by atoms with E-state index in [-0.39, 0.29) is 11.5 Å². The molecule has 0 spiro atoms. The van der Waals surface area contributed by atoms with E-state index in [0.717, 1.165) is 10.0 Å². The van der Waals surface area contributed by atoms with E-state index in [1.807, 2.05) is 12.1 Å². The van der Waals surface area contributed by atoms with Crippen LogP contribution in [0.5, 0.6) is 0 Å². The molecule has 2 rings (SSSR count). The Morgan fingerprint density at radius 1 is 1.58 bits per heavy atom. The average Bonchev–Trinajstić information content (AvgIpc) is 2.59. The second kappa shape index (κ2) is 5.18. The highest BCUT2D eigenvalue weighted by Crippen LogP contribution is 2.27. The molecule has 0 saturated carbocycles. The van der Waals surface area contributed by atoms with Gasteiger partial charge in [0, 0.05) is 4.47 Å². The highest BCUT2D eigenvalue weighted by molar-refractivity contribution is 9.10. The molecule has 0 unspecified atom stereocenters. The Balaban J connectivity index is 2.36. The molecule has 8 heteroatoms. The van der Waals surface area contributed by atoms with Gasteiger partial charge in [0.1, 0.15) is 5.69 Å². The third-order valence-electron chi connectivity index (χ3n) is 2.63. The van der Waals surface area contributed by atoms with E-state index in [9.17, 15) is 10.1 Å². The molecule has 0 radical (unpaired) electrons. The Kier molecular flexibility index (Phi) is 3.77. The van der Waals surface area contributed by atoms with Crippen LogP contribution in [0.15, 0.2) is 22.7 Å². The fourth-order valence-corrected chi connectivity index (χ4v) is 2.29. The summed E-state index contributed by atoms with van der Waals surface area (Å²) in [5, 5.41) is 15.5. The van der Waals surface area contributed by atoms with Crippen LogP contribution in [0.2, 0.25) is 5.02 Å². The fraction of sp³-hybridized carbons (Fsp3) is 0.182. The number of hydrogen-bond acceptors (Lipinski definition) is 4. The van der Waals surface area contributed by atoms with E-state index >= 15 is 0 Å². The minimum Gasteiger partial charge on any atom is -0.378 e. The molecule has 100 valence electrons. The quantitative estimate of drug-likeness (QED) is 0.684. The molecule has 2 N–H and O–H groups in total. The highest BCUT2D eigenvalue weighted by atomic mass is 79.9. The molecule has 6 nitrogen and oxygen atoms in total. The molecule has 0 atom stereocenters. The highest BCUT2D eigenvalue weighted by Gasteiger charge is 2.22. The molecule has 0 aliphatic carbocycles. The fourth-order valence-electron chi connectivity index (χ4n) is 1.75. The number of nitrogens with two attached hydrogens (primary N) is 1. The summed E-state index contributed by atoms with van der Waals surface area (Å²) in [4.78, 5) is 10.3. The lowest BCUT2D eigenvalue weighted by Crippen LogP contribution is -2.06. The molecular weight excluding hydrogens is 336 g/mol. The van der Waals surface area contributed by atoms with Crippen molar-refractivity contribution in [2.24, 2.45) is 0 Å². The van der Waals surface area contributed by atoms with Crippen molar-refractivity contribution in [2.45, 2.75) is 13.5 Å². The predicted molar refractivity (Wildman–Crippen MR) is 76.3 cm³/mol. The third kappa shape index (κ3) is 2.71. The van der Waals surface area contributed by atoms with Gasteiger partial charge in [0.2, 0.25) is 5.82 Å². The normalized spacial score (nSPS) is 10.7. The summed E-state index contributed by atoms with van der Waals surface area (Å²) in [6.45, 7) is 1.90. The second-order valence-corrected chi connectivity index (χ2v) is 5.24. The maximum absolute atomic E-state index is 10.9. The van der Waals surface area contributed by atoms with Gasteiger partial charge in [0.25, 0.3) is 0 Å². The van der Waals surface area contributed by atoms with Crippen LogP contribution in [-0.2, 0) is 6.54 Å². The van der Waals surface area contributed by atoms with E-state index in [1.54, 1.807) is 13.0 Å². The first-order valence-corrected chi connectivity index (χ1v) is 6.48. The smallest absolute Gasteiger partial charge is 0.333 e. The van der Waals surface area contributed by atoms with Crippen molar-refractivity contribution in [1.29, 1.82) is 0 Å². The summed E-state index contributed by atoms with van der Waals surface area (Å²) < 4.78 is 2.16. The molecule has 0 fully saturated rings. The minimum atomic E-state index is -0.522. The average molecular weight is 346 g/mol. The molecular formula is C11H10BrClN4O2. The van der Waals surface area contributed by atoms with Gasteiger partial charge in [-0.1, -0.05) is 17.7 Å². The molecule has 0 saturated heterocycles. The first-order chi connectivity index (χ1) is 8.90. The number of aryl methyl sites for hydroxylation is 1. The Labute approximate surface area is 122 Å². The van der Waals surface area contributed by atoms with Crippen molar-refractivity contribution in [3.63, 3.8) is 0 Å². The summed E-state index contributed by atoms with van der Waals surface area (Å²) in [6.07, 6.45) is 0. The zero-order valence-electron chi connectivity index (χ0n) is 9.93. The topological polar surface area (TPSA) is 87.0 Å². The van der Waals surface area contributed by atoms with Gasteiger partial charge in [-0.25, -0.2) is 4.68 Å². The van der Waals surface area contributed by atoms with Crippen LogP contribution in [0.1, 0.15) is 11.3 Å².